The van der Waals surface area contributed by atoms with Crippen molar-refractivity contribution in [1.82, 2.24) is 19.1 Å². The summed E-state index contributed by atoms with van der Waals surface area (Å²) in [6, 6.07) is 16.8. The van der Waals surface area contributed by atoms with E-state index in [1.807, 2.05) is 0 Å². The van der Waals surface area contributed by atoms with Crippen LogP contribution in [0.3, 0.4) is 0 Å². The minimum atomic E-state index is -1.14. The van der Waals surface area contributed by atoms with Gasteiger partial charge >= 0.3 is 17.3 Å². The summed E-state index contributed by atoms with van der Waals surface area (Å²) in [5.74, 6) is -1.33. The van der Waals surface area contributed by atoms with Gasteiger partial charge in [0.1, 0.15) is 5.75 Å². The molecular weight excluding hydrogens is 514 g/mol. The zero-order valence-electron chi connectivity index (χ0n) is 20.2. The number of aromatic nitrogens is 4. The summed E-state index contributed by atoms with van der Waals surface area (Å²) in [5, 5.41) is 22.0. The molecule has 2 aromatic carbocycles. The van der Waals surface area contributed by atoms with Crippen LogP contribution in [-0.2, 0) is 24.5 Å². The molecule has 0 fully saturated rings. The molecule has 0 saturated carbocycles. The zero-order chi connectivity index (χ0) is 27.2. The molecule has 0 saturated heterocycles. The van der Waals surface area contributed by atoms with Crippen LogP contribution in [0.5, 0.6) is 11.6 Å². The number of carboxylic acid groups (broad SMARTS) is 1. The summed E-state index contributed by atoms with van der Waals surface area (Å²) >= 11 is 5.98. The van der Waals surface area contributed by atoms with E-state index in [-0.39, 0.29) is 25.6 Å². The van der Waals surface area contributed by atoms with E-state index in [1.165, 1.54) is 17.7 Å². The number of benzene rings is 2. The summed E-state index contributed by atoms with van der Waals surface area (Å²) in [6.07, 6.45) is 1.53. The lowest BCUT2D eigenvalue weighted by atomic mass is 10.2. The van der Waals surface area contributed by atoms with Crippen LogP contribution in [0, 0.1) is 5.92 Å². The van der Waals surface area contributed by atoms with Crippen molar-refractivity contribution in [2.45, 2.75) is 26.6 Å². The molecule has 0 aliphatic rings. The molecule has 0 aliphatic carbocycles. The van der Waals surface area contributed by atoms with Crippen molar-refractivity contribution >= 4 is 29.2 Å². The van der Waals surface area contributed by atoms with E-state index in [0.29, 0.717) is 27.9 Å². The lowest BCUT2D eigenvalue weighted by Crippen LogP contribution is -2.44. The van der Waals surface area contributed by atoms with Gasteiger partial charge in [-0.1, -0.05) is 30.7 Å². The Balaban J connectivity index is 1.64. The van der Waals surface area contributed by atoms with Crippen LogP contribution in [0.1, 0.15) is 18.1 Å². The highest BCUT2D eigenvalue weighted by Crippen LogP contribution is 2.23. The van der Waals surface area contributed by atoms with Gasteiger partial charge in [-0.25, -0.2) is 19.1 Å². The van der Waals surface area contributed by atoms with Gasteiger partial charge in [0.05, 0.1) is 19.1 Å². The van der Waals surface area contributed by atoms with E-state index in [0.717, 1.165) is 10.1 Å². The Morgan fingerprint density at radius 3 is 2.42 bits per heavy atom. The van der Waals surface area contributed by atoms with Gasteiger partial charge in [0, 0.05) is 29.5 Å². The number of hydrogen-bond acceptors (Lipinski definition) is 8. The van der Waals surface area contributed by atoms with Crippen molar-refractivity contribution in [3.8, 4) is 11.6 Å². The molecule has 4 rings (SSSR count). The maximum absolute atomic E-state index is 13.3. The van der Waals surface area contributed by atoms with E-state index in [1.54, 1.807) is 60.7 Å². The number of hydrogen-bond donors (Lipinski definition) is 3. The average Bonchev–Trinajstić information content (AvgIpc) is 2.91. The Bertz CT molecular complexity index is 1550. The van der Waals surface area contributed by atoms with E-state index in [9.17, 15) is 24.6 Å². The predicted octanol–water partition coefficient (Wildman–Crippen LogP) is 3.25. The van der Waals surface area contributed by atoms with Crippen LogP contribution in [-0.4, -0.2) is 35.3 Å². The maximum atomic E-state index is 13.3. The Morgan fingerprint density at radius 2 is 1.76 bits per heavy atom. The number of aliphatic hydroxyl groups is 1. The molecule has 0 spiro atoms. The van der Waals surface area contributed by atoms with Crippen molar-refractivity contribution in [2.24, 2.45) is 5.92 Å². The summed E-state index contributed by atoms with van der Waals surface area (Å²) in [7, 11) is 0. The number of nitrogens with one attached hydrogen (secondary N) is 1. The highest BCUT2D eigenvalue weighted by atomic mass is 35.5. The molecule has 0 bridgehead atoms. The predicted molar refractivity (Wildman–Crippen MR) is 140 cm³/mol. The second-order valence-corrected chi connectivity index (χ2v) is 8.91. The number of nitrogens with zero attached hydrogens (tertiary/aromatic N) is 4. The number of anilines is 2. The van der Waals surface area contributed by atoms with E-state index >= 15 is 0 Å². The molecule has 11 nitrogen and oxygen atoms in total. The van der Waals surface area contributed by atoms with Crippen molar-refractivity contribution in [3.63, 3.8) is 0 Å². The molecule has 0 aliphatic heterocycles. The monoisotopic (exact) mass is 537 g/mol. The van der Waals surface area contributed by atoms with Crippen LogP contribution in [0.4, 0.5) is 11.6 Å². The highest BCUT2D eigenvalue weighted by molar-refractivity contribution is 6.30. The molecule has 0 radical (unpaired) electrons. The standard InChI is InChI=1S/C26H24ClN5O6/c1-16(23(34)35)13-32-25(36)30-24(31(26(32)37)14-17-2-4-19(27)5-3-17)29-20-6-8-21(9-7-20)38-22-12-18(15-33)10-11-28-22/h2-12,16,33H,13-15H2,1H3,(H,34,35)(H,29,30,36)/t16-/m0/s1. The summed E-state index contributed by atoms with van der Waals surface area (Å²) in [6.45, 7) is 1.00. The minimum Gasteiger partial charge on any atom is -0.481 e. The minimum absolute atomic E-state index is 0.0137. The van der Waals surface area contributed by atoms with Gasteiger partial charge in [0.15, 0.2) is 0 Å². The van der Waals surface area contributed by atoms with Crippen LogP contribution >= 0.6 is 11.6 Å². The van der Waals surface area contributed by atoms with Crippen LogP contribution in [0.15, 0.2) is 76.4 Å². The quantitative estimate of drug-likeness (QED) is 0.277. The molecule has 4 aromatic rings. The molecule has 1 atom stereocenters. The second kappa shape index (κ2) is 11.7. The molecular formula is C26H24ClN5O6. The van der Waals surface area contributed by atoms with Crippen LogP contribution in [0.25, 0.3) is 0 Å². The van der Waals surface area contributed by atoms with Gasteiger partial charge in [0.2, 0.25) is 11.8 Å². The topological polar surface area (TPSA) is 149 Å². The third kappa shape index (κ3) is 6.44. The maximum Gasteiger partial charge on any atom is 0.354 e. The number of halogens is 1. The van der Waals surface area contributed by atoms with E-state index < -0.39 is 23.3 Å². The molecule has 12 heteroatoms. The summed E-state index contributed by atoms with van der Waals surface area (Å²) < 4.78 is 7.78. The largest absolute Gasteiger partial charge is 0.481 e. The molecule has 0 unspecified atom stereocenters. The molecule has 0 amide bonds. The second-order valence-electron chi connectivity index (χ2n) is 8.47. The Labute approximate surface area is 221 Å². The molecule has 38 heavy (non-hydrogen) atoms. The van der Waals surface area contributed by atoms with Gasteiger partial charge in [-0.2, -0.15) is 4.98 Å². The highest BCUT2D eigenvalue weighted by Gasteiger charge is 2.19. The van der Waals surface area contributed by atoms with Gasteiger partial charge in [-0.15, -0.1) is 0 Å². The molecule has 2 heterocycles. The lowest BCUT2D eigenvalue weighted by molar-refractivity contribution is -0.141. The number of aliphatic hydroxyl groups excluding tert-OH is 1. The van der Waals surface area contributed by atoms with Crippen LogP contribution in [0.2, 0.25) is 5.02 Å². The first-order chi connectivity index (χ1) is 18.2. The van der Waals surface area contributed by atoms with Gasteiger partial charge < -0.3 is 20.3 Å². The number of carbonyl (C=O) groups is 1. The fraction of sp³-hybridized carbons (Fsp3) is 0.192. The van der Waals surface area contributed by atoms with Crippen LogP contribution < -0.4 is 21.4 Å². The number of pyridine rings is 1. The average molecular weight is 538 g/mol. The van der Waals surface area contributed by atoms with Gasteiger partial charge in [-0.3, -0.25) is 9.36 Å². The fourth-order valence-electron chi connectivity index (χ4n) is 3.51. The van der Waals surface area contributed by atoms with E-state index in [4.69, 9.17) is 16.3 Å². The normalized spacial score (nSPS) is 11.7. The van der Waals surface area contributed by atoms with Crippen molar-refractivity contribution in [1.29, 1.82) is 0 Å². The molecule has 2 aromatic heterocycles. The Hall–Kier alpha value is -4.48. The third-order valence-corrected chi connectivity index (χ3v) is 5.85. The van der Waals surface area contributed by atoms with Gasteiger partial charge in [-0.05, 0) is 53.6 Å². The first kappa shape index (κ1) is 26.6. The number of ether oxygens (including phenoxy) is 1. The third-order valence-electron chi connectivity index (χ3n) is 5.60. The van der Waals surface area contributed by atoms with Crippen molar-refractivity contribution in [2.75, 3.05) is 5.32 Å². The summed E-state index contributed by atoms with van der Waals surface area (Å²) in [4.78, 5) is 45.5. The first-order valence-corrected chi connectivity index (χ1v) is 11.9. The zero-order valence-corrected chi connectivity index (χ0v) is 21.0. The SMILES string of the molecule is C[C@@H](Cn1c(=O)nc(Nc2ccc(Oc3cc(CO)ccn3)cc2)n(Cc2ccc(Cl)cc2)c1=O)C(=O)O. The smallest absolute Gasteiger partial charge is 0.354 e. The summed E-state index contributed by atoms with van der Waals surface area (Å²) in [5.41, 5.74) is 0.324. The van der Waals surface area contributed by atoms with E-state index in [2.05, 4.69) is 15.3 Å². The first-order valence-electron chi connectivity index (χ1n) is 11.5. The number of rotatable bonds is 10. The lowest BCUT2D eigenvalue weighted by Gasteiger charge is -2.17. The Kier molecular flexibility index (Phi) is 8.19. The molecule has 3 N–H and O–H groups in total. The van der Waals surface area contributed by atoms with Crippen molar-refractivity contribution < 1.29 is 19.7 Å². The van der Waals surface area contributed by atoms with Gasteiger partial charge in [0.25, 0.3) is 0 Å². The van der Waals surface area contributed by atoms with Crippen molar-refractivity contribution in [3.05, 3.63) is 104 Å². The molecule has 196 valence electrons. The number of aliphatic carboxylic acids is 1. The Morgan fingerprint density at radius 1 is 1.05 bits per heavy atom. The fourth-order valence-corrected chi connectivity index (χ4v) is 3.63. The number of carboxylic acids is 1.